The molecular formula is C17H29NO3. The summed E-state index contributed by atoms with van der Waals surface area (Å²) in [6.07, 6.45) is 7.13. The number of hydrogen-bond acceptors (Lipinski definition) is 3. The van der Waals surface area contributed by atoms with Crippen LogP contribution >= 0.6 is 0 Å². The van der Waals surface area contributed by atoms with Gasteiger partial charge in [-0.15, -0.1) is 0 Å². The molecule has 1 amide bonds. The first kappa shape index (κ1) is 15.3. The summed E-state index contributed by atoms with van der Waals surface area (Å²) >= 11 is 0. The second-order valence-electron chi connectivity index (χ2n) is 7.51. The molecule has 21 heavy (non-hydrogen) atoms. The number of aliphatic hydroxyl groups is 1. The van der Waals surface area contributed by atoms with Gasteiger partial charge in [0.15, 0.2) is 0 Å². The van der Waals surface area contributed by atoms with Gasteiger partial charge in [0.2, 0.25) is 5.91 Å². The summed E-state index contributed by atoms with van der Waals surface area (Å²) in [6.45, 7) is 5.61. The van der Waals surface area contributed by atoms with Crippen LogP contribution in [0.4, 0.5) is 0 Å². The van der Waals surface area contributed by atoms with Crippen molar-refractivity contribution in [1.82, 2.24) is 4.90 Å². The molecule has 1 N–H and O–H groups in total. The van der Waals surface area contributed by atoms with Crippen LogP contribution in [-0.4, -0.2) is 46.8 Å². The third kappa shape index (κ3) is 3.11. The Hall–Kier alpha value is -0.610. The van der Waals surface area contributed by atoms with Gasteiger partial charge in [-0.05, 0) is 46.0 Å². The molecule has 0 spiro atoms. The second kappa shape index (κ2) is 5.88. The molecule has 4 unspecified atom stereocenters. The minimum Gasteiger partial charge on any atom is -0.389 e. The van der Waals surface area contributed by atoms with E-state index in [-0.39, 0.29) is 18.1 Å². The molecule has 120 valence electrons. The molecule has 0 aromatic heterocycles. The lowest BCUT2D eigenvalue weighted by atomic mass is 9.71. The van der Waals surface area contributed by atoms with E-state index in [1.165, 1.54) is 6.42 Å². The van der Waals surface area contributed by atoms with Gasteiger partial charge in [0.05, 0.1) is 17.8 Å². The third-order valence-electron chi connectivity index (χ3n) is 5.79. The molecule has 0 radical (unpaired) electrons. The SMILES string of the molecule is CC1CC(C(=O)N2CCC3(O)CCCCC3C2)CC(C)O1. The van der Waals surface area contributed by atoms with Gasteiger partial charge >= 0.3 is 0 Å². The number of rotatable bonds is 1. The molecule has 4 atom stereocenters. The highest BCUT2D eigenvalue weighted by atomic mass is 16.5. The van der Waals surface area contributed by atoms with Crippen LogP contribution in [0.5, 0.6) is 0 Å². The van der Waals surface area contributed by atoms with Gasteiger partial charge in [-0.25, -0.2) is 0 Å². The van der Waals surface area contributed by atoms with E-state index in [0.717, 1.165) is 51.6 Å². The normalized spacial score (nSPS) is 44.2. The Morgan fingerprint density at radius 1 is 1.19 bits per heavy atom. The van der Waals surface area contributed by atoms with Gasteiger partial charge in [-0.2, -0.15) is 0 Å². The van der Waals surface area contributed by atoms with Crippen molar-refractivity contribution in [3.63, 3.8) is 0 Å². The summed E-state index contributed by atoms with van der Waals surface area (Å²) < 4.78 is 5.75. The lowest BCUT2D eigenvalue weighted by molar-refractivity contribution is -0.154. The molecule has 2 heterocycles. The van der Waals surface area contributed by atoms with Crippen LogP contribution in [0.3, 0.4) is 0 Å². The molecule has 0 aromatic carbocycles. The summed E-state index contributed by atoms with van der Waals surface area (Å²) in [5, 5.41) is 10.7. The first-order valence-corrected chi connectivity index (χ1v) is 8.64. The van der Waals surface area contributed by atoms with E-state index >= 15 is 0 Å². The van der Waals surface area contributed by atoms with E-state index in [2.05, 4.69) is 13.8 Å². The molecular weight excluding hydrogens is 266 g/mol. The van der Waals surface area contributed by atoms with Gasteiger partial charge in [0.25, 0.3) is 0 Å². The van der Waals surface area contributed by atoms with E-state index in [9.17, 15) is 9.90 Å². The maximum Gasteiger partial charge on any atom is 0.225 e. The standard InChI is InChI=1S/C17H29NO3/c1-12-9-14(10-13(2)21-12)16(19)18-8-7-17(20)6-4-3-5-15(17)11-18/h12-15,20H,3-11H2,1-2H3. The first-order chi connectivity index (χ1) is 9.98. The largest absolute Gasteiger partial charge is 0.389 e. The maximum absolute atomic E-state index is 12.8. The lowest BCUT2D eigenvalue weighted by Crippen LogP contribution is -2.56. The Kier molecular flexibility index (Phi) is 4.28. The fourth-order valence-electron chi connectivity index (χ4n) is 4.64. The van der Waals surface area contributed by atoms with Gasteiger partial charge in [-0.1, -0.05) is 12.8 Å². The van der Waals surface area contributed by atoms with E-state index in [1.807, 2.05) is 4.90 Å². The number of likely N-dealkylation sites (tertiary alicyclic amines) is 1. The Morgan fingerprint density at radius 2 is 1.90 bits per heavy atom. The first-order valence-electron chi connectivity index (χ1n) is 8.64. The van der Waals surface area contributed by atoms with Crippen molar-refractivity contribution < 1.29 is 14.6 Å². The monoisotopic (exact) mass is 295 g/mol. The number of carbonyl (C=O) groups is 1. The molecule has 0 bridgehead atoms. The smallest absolute Gasteiger partial charge is 0.225 e. The molecule has 3 fully saturated rings. The Bertz CT molecular complexity index is 389. The van der Waals surface area contributed by atoms with Gasteiger partial charge < -0.3 is 14.7 Å². The summed E-state index contributed by atoms with van der Waals surface area (Å²) in [7, 11) is 0. The second-order valence-corrected chi connectivity index (χ2v) is 7.51. The van der Waals surface area contributed by atoms with Crippen LogP contribution in [0.15, 0.2) is 0 Å². The Balaban J connectivity index is 1.63. The molecule has 1 aliphatic carbocycles. The number of hydrogen-bond donors (Lipinski definition) is 1. The zero-order valence-corrected chi connectivity index (χ0v) is 13.4. The number of fused-ring (bicyclic) bond motifs is 1. The molecule has 4 nitrogen and oxygen atoms in total. The fourth-order valence-corrected chi connectivity index (χ4v) is 4.64. The quantitative estimate of drug-likeness (QED) is 0.808. The highest BCUT2D eigenvalue weighted by molar-refractivity contribution is 5.79. The van der Waals surface area contributed by atoms with E-state index < -0.39 is 5.60 Å². The number of piperidine rings is 1. The fraction of sp³-hybridized carbons (Fsp3) is 0.941. The van der Waals surface area contributed by atoms with Crippen molar-refractivity contribution in [3.05, 3.63) is 0 Å². The van der Waals surface area contributed by atoms with Crippen molar-refractivity contribution in [3.8, 4) is 0 Å². The predicted molar refractivity (Wildman–Crippen MR) is 80.8 cm³/mol. The highest BCUT2D eigenvalue weighted by Crippen LogP contribution is 2.40. The van der Waals surface area contributed by atoms with Crippen LogP contribution in [-0.2, 0) is 9.53 Å². The summed E-state index contributed by atoms with van der Waals surface area (Å²) in [5.41, 5.74) is -0.495. The minimum atomic E-state index is -0.495. The average Bonchev–Trinajstić information content (AvgIpc) is 2.44. The molecule has 0 aromatic rings. The molecule has 2 saturated heterocycles. The van der Waals surface area contributed by atoms with Gasteiger partial charge in [0.1, 0.15) is 0 Å². The number of carbonyl (C=O) groups excluding carboxylic acids is 1. The molecule has 2 aliphatic heterocycles. The van der Waals surface area contributed by atoms with Crippen molar-refractivity contribution in [2.45, 2.75) is 76.6 Å². The van der Waals surface area contributed by atoms with Crippen molar-refractivity contribution in [2.75, 3.05) is 13.1 Å². The van der Waals surface area contributed by atoms with E-state index in [1.54, 1.807) is 0 Å². The van der Waals surface area contributed by atoms with Crippen LogP contribution in [0.25, 0.3) is 0 Å². The number of amides is 1. The third-order valence-corrected chi connectivity index (χ3v) is 5.79. The molecule has 1 saturated carbocycles. The lowest BCUT2D eigenvalue weighted by Gasteiger charge is -2.48. The van der Waals surface area contributed by atoms with E-state index in [4.69, 9.17) is 4.74 Å². The number of ether oxygens (including phenoxy) is 1. The van der Waals surface area contributed by atoms with Crippen molar-refractivity contribution >= 4 is 5.91 Å². The molecule has 4 heteroatoms. The van der Waals surface area contributed by atoms with Crippen molar-refractivity contribution in [2.24, 2.45) is 11.8 Å². The zero-order chi connectivity index (χ0) is 15.0. The topological polar surface area (TPSA) is 49.8 Å². The summed E-state index contributed by atoms with van der Waals surface area (Å²) in [6, 6.07) is 0. The number of nitrogens with zero attached hydrogens (tertiary/aromatic N) is 1. The van der Waals surface area contributed by atoms with Crippen molar-refractivity contribution in [1.29, 1.82) is 0 Å². The van der Waals surface area contributed by atoms with Crippen LogP contribution in [0.2, 0.25) is 0 Å². The van der Waals surface area contributed by atoms with E-state index in [0.29, 0.717) is 11.8 Å². The average molecular weight is 295 g/mol. The molecule has 3 aliphatic rings. The zero-order valence-electron chi connectivity index (χ0n) is 13.4. The highest BCUT2D eigenvalue weighted by Gasteiger charge is 2.45. The molecule has 3 rings (SSSR count). The van der Waals surface area contributed by atoms with Crippen LogP contribution < -0.4 is 0 Å². The van der Waals surface area contributed by atoms with Gasteiger partial charge in [-0.3, -0.25) is 4.79 Å². The van der Waals surface area contributed by atoms with Crippen LogP contribution in [0.1, 0.15) is 58.8 Å². The summed E-state index contributed by atoms with van der Waals surface area (Å²) in [4.78, 5) is 14.8. The maximum atomic E-state index is 12.8. The Labute approximate surface area is 127 Å². The minimum absolute atomic E-state index is 0.110. The summed E-state index contributed by atoms with van der Waals surface area (Å²) in [5.74, 6) is 0.696. The predicted octanol–water partition coefficient (Wildman–Crippen LogP) is 2.34. The van der Waals surface area contributed by atoms with Gasteiger partial charge in [0, 0.05) is 24.9 Å². The Morgan fingerprint density at radius 3 is 2.62 bits per heavy atom. The van der Waals surface area contributed by atoms with Crippen LogP contribution in [0, 0.1) is 11.8 Å².